The molecule has 180 valence electrons. The number of ether oxygens (including phenoxy) is 1. The number of thioether (sulfide) groups is 1. The van der Waals surface area contributed by atoms with Gasteiger partial charge in [0.05, 0.1) is 18.3 Å². The van der Waals surface area contributed by atoms with Gasteiger partial charge in [-0.3, -0.25) is 14.5 Å². The first-order valence-corrected chi connectivity index (χ1v) is 12.9. The summed E-state index contributed by atoms with van der Waals surface area (Å²) < 4.78 is 5.80. The number of carbonyl (C=O) groups is 2. The average molecular weight is 488 g/mol. The van der Waals surface area contributed by atoms with Gasteiger partial charge in [-0.15, -0.1) is 0 Å². The van der Waals surface area contributed by atoms with Crippen molar-refractivity contribution in [2.75, 3.05) is 18.5 Å². The molecule has 0 radical (unpaired) electrons. The lowest BCUT2D eigenvalue weighted by Crippen LogP contribution is -2.38. The first-order valence-electron chi connectivity index (χ1n) is 12.0. The maximum Gasteiger partial charge on any atom is 0.242 e. The van der Waals surface area contributed by atoms with Crippen LogP contribution in [-0.4, -0.2) is 46.4 Å². The van der Waals surface area contributed by atoms with Crippen molar-refractivity contribution in [1.82, 2.24) is 4.90 Å². The Morgan fingerprint density at radius 1 is 1.11 bits per heavy atom. The van der Waals surface area contributed by atoms with Crippen LogP contribution >= 0.6 is 11.8 Å². The fourth-order valence-corrected chi connectivity index (χ4v) is 5.66. The number of carbonyl (C=O) groups excluding carboxylic acids is 2. The molecule has 2 atom stereocenters. The van der Waals surface area contributed by atoms with E-state index < -0.39 is 5.25 Å². The molecule has 1 N–H and O–H groups in total. The van der Waals surface area contributed by atoms with E-state index in [9.17, 15) is 9.59 Å². The van der Waals surface area contributed by atoms with E-state index >= 15 is 0 Å². The molecule has 2 fully saturated rings. The second-order valence-corrected chi connectivity index (χ2v) is 10.3. The number of nitrogens with one attached hydrogen (secondary N) is 1. The lowest BCUT2D eigenvalue weighted by Gasteiger charge is -2.20. The number of rotatable bonds is 6. The molecular formula is C28H29N3O3S. The first kappa shape index (κ1) is 23.6. The molecule has 2 saturated heterocycles. The molecule has 2 unspecified atom stereocenters. The maximum absolute atomic E-state index is 13.4. The van der Waals surface area contributed by atoms with Crippen molar-refractivity contribution in [3.63, 3.8) is 0 Å². The summed E-state index contributed by atoms with van der Waals surface area (Å²) in [5.74, 6) is -0.266. The number of aliphatic imine (C=N–C) groups is 1. The highest BCUT2D eigenvalue weighted by molar-refractivity contribution is 8.15. The molecular weight excluding hydrogens is 458 g/mol. The lowest BCUT2D eigenvalue weighted by molar-refractivity contribution is -0.129. The second kappa shape index (κ2) is 10.2. The molecule has 2 amide bonds. The zero-order valence-corrected chi connectivity index (χ0v) is 20.8. The van der Waals surface area contributed by atoms with E-state index in [-0.39, 0.29) is 24.3 Å². The number of amidine groups is 1. The van der Waals surface area contributed by atoms with Crippen molar-refractivity contribution in [2.45, 2.75) is 44.5 Å². The van der Waals surface area contributed by atoms with Crippen molar-refractivity contribution < 1.29 is 14.3 Å². The van der Waals surface area contributed by atoms with Crippen LogP contribution in [0.1, 0.15) is 30.4 Å². The molecule has 5 rings (SSSR count). The van der Waals surface area contributed by atoms with Crippen molar-refractivity contribution >= 4 is 50.9 Å². The molecule has 0 aliphatic carbocycles. The van der Waals surface area contributed by atoms with Gasteiger partial charge in [-0.05, 0) is 61.4 Å². The third-order valence-corrected chi connectivity index (χ3v) is 7.76. The van der Waals surface area contributed by atoms with Crippen molar-refractivity contribution in [3.05, 3.63) is 71.8 Å². The Bertz CT molecular complexity index is 1290. The van der Waals surface area contributed by atoms with Crippen LogP contribution in [0, 0.1) is 13.8 Å². The highest BCUT2D eigenvalue weighted by Gasteiger charge is 2.40. The van der Waals surface area contributed by atoms with Gasteiger partial charge in [0.15, 0.2) is 5.17 Å². The fraction of sp³-hybridized carbons (Fsp3) is 0.321. The van der Waals surface area contributed by atoms with Gasteiger partial charge in [0, 0.05) is 24.1 Å². The molecule has 2 heterocycles. The van der Waals surface area contributed by atoms with Crippen LogP contribution in [0.3, 0.4) is 0 Å². The Hall–Kier alpha value is -3.16. The third-order valence-electron chi connectivity index (χ3n) is 6.58. The van der Waals surface area contributed by atoms with Crippen LogP contribution in [-0.2, 0) is 14.3 Å². The highest BCUT2D eigenvalue weighted by Crippen LogP contribution is 2.34. The SMILES string of the molecule is Cc1ccc(N=C2SC(CC(=O)Nc3cccc4ccccc34)C(=O)N2CC2CCCO2)cc1C. The normalized spacial score (nSPS) is 21.3. The summed E-state index contributed by atoms with van der Waals surface area (Å²) in [7, 11) is 0. The summed E-state index contributed by atoms with van der Waals surface area (Å²) in [6.07, 6.45) is 2.02. The molecule has 0 bridgehead atoms. The summed E-state index contributed by atoms with van der Waals surface area (Å²) in [4.78, 5) is 32.9. The van der Waals surface area contributed by atoms with Crippen molar-refractivity contribution in [3.8, 4) is 0 Å². The molecule has 3 aromatic rings. The number of aryl methyl sites for hydroxylation is 2. The molecule has 0 spiro atoms. The second-order valence-electron chi connectivity index (χ2n) is 9.13. The quantitative estimate of drug-likeness (QED) is 0.492. The van der Waals surface area contributed by atoms with Gasteiger partial charge in [0.25, 0.3) is 0 Å². The van der Waals surface area contributed by atoms with Gasteiger partial charge in [-0.1, -0.05) is 54.2 Å². The Morgan fingerprint density at radius 2 is 1.94 bits per heavy atom. The Morgan fingerprint density at radius 3 is 2.74 bits per heavy atom. The molecule has 6 nitrogen and oxygen atoms in total. The van der Waals surface area contributed by atoms with E-state index in [4.69, 9.17) is 9.73 Å². The number of nitrogens with zero attached hydrogens (tertiary/aromatic N) is 2. The number of fused-ring (bicyclic) bond motifs is 1. The van der Waals surface area contributed by atoms with Crippen LogP contribution in [0.15, 0.2) is 65.7 Å². The van der Waals surface area contributed by atoms with Crippen molar-refractivity contribution in [2.24, 2.45) is 4.99 Å². The minimum absolute atomic E-state index is 0.00719. The van der Waals surface area contributed by atoms with Crippen LogP contribution in [0.4, 0.5) is 11.4 Å². The van der Waals surface area contributed by atoms with Crippen LogP contribution < -0.4 is 5.32 Å². The molecule has 7 heteroatoms. The topological polar surface area (TPSA) is 71.0 Å². The number of hydrogen-bond donors (Lipinski definition) is 1. The Balaban J connectivity index is 1.35. The van der Waals surface area contributed by atoms with Crippen LogP contribution in [0.25, 0.3) is 10.8 Å². The monoisotopic (exact) mass is 487 g/mol. The van der Waals surface area contributed by atoms with Gasteiger partial charge < -0.3 is 10.1 Å². The van der Waals surface area contributed by atoms with Gasteiger partial charge in [0.1, 0.15) is 5.25 Å². The predicted octanol–water partition coefficient (Wildman–Crippen LogP) is 5.60. The standard InChI is InChI=1S/C28H29N3O3S/c1-18-12-13-21(15-19(18)2)29-28-31(17-22-9-6-14-34-22)27(33)25(35-28)16-26(32)30-24-11-5-8-20-7-3-4-10-23(20)24/h3-5,7-8,10-13,15,22,25H,6,9,14,16-17H2,1-2H3,(H,30,32). The highest BCUT2D eigenvalue weighted by atomic mass is 32.2. The van der Waals surface area contributed by atoms with Crippen LogP contribution in [0.2, 0.25) is 0 Å². The molecule has 2 aliphatic heterocycles. The van der Waals surface area contributed by atoms with E-state index in [0.29, 0.717) is 11.7 Å². The first-order chi connectivity index (χ1) is 17.0. The van der Waals surface area contributed by atoms with Crippen molar-refractivity contribution in [1.29, 1.82) is 0 Å². The smallest absolute Gasteiger partial charge is 0.242 e. The number of anilines is 1. The summed E-state index contributed by atoms with van der Waals surface area (Å²) in [5, 5.41) is 5.16. The number of hydrogen-bond acceptors (Lipinski definition) is 5. The average Bonchev–Trinajstić information content (AvgIpc) is 3.46. The van der Waals surface area contributed by atoms with Gasteiger partial charge in [-0.25, -0.2) is 4.99 Å². The summed E-state index contributed by atoms with van der Waals surface area (Å²) in [6.45, 7) is 5.31. The Labute approximate surface area is 209 Å². The third kappa shape index (κ3) is 5.26. The number of amides is 2. The molecule has 2 aliphatic rings. The van der Waals surface area contributed by atoms with Gasteiger partial charge >= 0.3 is 0 Å². The summed E-state index contributed by atoms with van der Waals surface area (Å²) in [6, 6.07) is 19.8. The van der Waals surface area contributed by atoms with E-state index in [1.54, 1.807) is 4.90 Å². The summed E-state index contributed by atoms with van der Waals surface area (Å²) in [5.41, 5.74) is 3.91. The molecule has 3 aromatic carbocycles. The molecule has 35 heavy (non-hydrogen) atoms. The minimum atomic E-state index is -0.517. The van der Waals surface area contributed by atoms with Gasteiger partial charge in [0.2, 0.25) is 11.8 Å². The zero-order chi connectivity index (χ0) is 24.4. The van der Waals surface area contributed by atoms with E-state index in [0.717, 1.165) is 47.2 Å². The lowest BCUT2D eigenvalue weighted by atomic mass is 10.1. The minimum Gasteiger partial charge on any atom is -0.376 e. The Kier molecular flexibility index (Phi) is 6.88. The largest absolute Gasteiger partial charge is 0.376 e. The van der Waals surface area contributed by atoms with E-state index in [2.05, 4.69) is 19.2 Å². The van der Waals surface area contributed by atoms with Gasteiger partial charge in [-0.2, -0.15) is 0 Å². The van der Waals surface area contributed by atoms with E-state index in [1.807, 2.05) is 60.7 Å². The van der Waals surface area contributed by atoms with E-state index in [1.165, 1.54) is 17.3 Å². The predicted molar refractivity (Wildman–Crippen MR) is 142 cm³/mol. The zero-order valence-electron chi connectivity index (χ0n) is 20.0. The van der Waals surface area contributed by atoms with Crippen LogP contribution in [0.5, 0.6) is 0 Å². The maximum atomic E-state index is 13.4. The molecule has 0 aromatic heterocycles. The molecule has 0 saturated carbocycles. The number of benzene rings is 3. The summed E-state index contributed by atoms with van der Waals surface area (Å²) >= 11 is 1.37. The fourth-order valence-electron chi connectivity index (χ4n) is 4.49.